The standard InChI is InChI=1S/C16H32O4/c1-13(2,3)18-9-12-16(11-17,20-14(4,5)6)10-15(7,8)19-12/h12,17H,9-11H2,1-8H3/t12-,16+/m1/s1. The molecule has 0 bridgehead atoms. The molecule has 1 fully saturated rings. The third kappa shape index (κ3) is 4.99. The first-order chi connectivity index (χ1) is 8.79. The molecule has 1 N–H and O–H groups in total. The van der Waals surface area contributed by atoms with Crippen molar-refractivity contribution in [3.05, 3.63) is 0 Å². The molecule has 1 saturated heterocycles. The Hall–Kier alpha value is -0.160. The van der Waals surface area contributed by atoms with E-state index in [2.05, 4.69) is 0 Å². The summed E-state index contributed by atoms with van der Waals surface area (Å²) in [5.74, 6) is 0. The van der Waals surface area contributed by atoms with Gasteiger partial charge in [0.1, 0.15) is 11.7 Å². The van der Waals surface area contributed by atoms with Crippen LogP contribution < -0.4 is 0 Å². The largest absolute Gasteiger partial charge is 0.393 e. The van der Waals surface area contributed by atoms with Crippen LogP contribution in [0.3, 0.4) is 0 Å². The van der Waals surface area contributed by atoms with Gasteiger partial charge in [0.2, 0.25) is 0 Å². The van der Waals surface area contributed by atoms with Crippen LogP contribution in [0.15, 0.2) is 0 Å². The van der Waals surface area contributed by atoms with Crippen molar-refractivity contribution in [3.8, 4) is 0 Å². The number of rotatable bonds is 4. The van der Waals surface area contributed by atoms with E-state index in [1.54, 1.807) is 0 Å². The van der Waals surface area contributed by atoms with E-state index in [9.17, 15) is 5.11 Å². The fraction of sp³-hybridized carbons (Fsp3) is 1.00. The lowest BCUT2D eigenvalue weighted by Gasteiger charge is -2.39. The van der Waals surface area contributed by atoms with Crippen molar-refractivity contribution < 1.29 is 19.3 Å². The summed E-state index contributed by atoms with van der Waals surface area (Å²) in [7, 11) is 0. The molecule has 1 rings (SSSR count). The normalized spacial score (nSPS) is 30.8. The van der Waals surface area contributed by atoms with Crippen LogP contribution in [0.2, 0.25) is 0 Å². The van der Waals surface area contributed by atoms with E-state index in [4.69, 9.17) is 14.2 Å². The minimum absolute atomic E-state index is 0.0636. The Balaban J connectivity index is 2.92. The van der Waals surface area contributed by atoms with E-state index in [1.165, 1.54) is 0 Å². The molecule has 0 saturated carbocycles. The minimum Gasteiger partial charge on any atom is -0.393 e. The third-order valence-corrected chi connectivity index (χ3v) is 3.22. The van der Waals surface area contributed by atoms with Crippen LogP contribution in [0.5, 0.6) is 0 Å². The van der Waals surface area contributed by atoms with Crippen LogP contribution >= 0.6 is 0 Å². The zero-order valence-electron chi connectivity index (χ0n) is 14.4. The Kier molecular flexibility index (Phi) is 4.97. The van der Waals surface area contributed by atoms with Gasteiger partial charge in [-0.2, -0.15) is 0 Å². The molecule has 0 aliphatic carbocycles. The van der Waals surface area contributed by atoms with Crippen molar-refractivity contribution >= 4 is 0 Å². The van der Waals surface area contributed by atoms with Crippen molar-refractivity contribution in [2.24, 2.45) is 0 Å². The van der Waals surface area contributed by atoms with Gasteiger partial charge in [-0.15, -0.1) is 0 Å². The second-order valence-electron chi connectivity index (χ2n) is 8.40. The maximum Gasteiger partial charge on any atom is 0.123 e. The Labute approximate surface area is 123 Å². The molecule has 20 heavy (non-hydrogen) atoms. The molecule has 2 atom stereocenters. The highest BCUT2D eigenvalue weighted by molar-refractivity contribution is 5.03. The summed E-state index contributed by atoms with van der Waals surface area (Å²) in [6, 6.07) is 0. The topological polar surface area (TPSA) is 47.9 Å². The summed E-state index contributed by atoms with van der Waals surface area (Å²) in [5.41, 5.74) is -1.60. The lowest BCUT2D eigenvalue weighted by Crippen LogP contribution is -2.51. The van der Waals surface area contributed by atoms with E-state index in [0.717, 1.165) is 0 Å². The van der Waals surface area contributed by atoms with Gasteiger partial charge in [0.15, 0.2) is 0 Å². The molecule has 0 radical (unpaired) electrons. The summed E-state index contributed by atoms with van der Waals surface area (Å²) in [5, 5.41) is 9.95. The van der Waals surface area contributed by atoms with Crippen LogP contribution in [0.25, 0.3) is 0 Å². The molecule has 0 spiro atoms. The first kappa shape index (κ1) is 17.9. The van der Waals surface area contributed by atoms with E-state index >= 15 is 0 Å². The zero-order chi connectivity index (χ0) is 15.8. The van der Waals surface area contributed by atoms with Gasteiger partial charge in [0, 0.05) is 6.42 Å². The molecular formula is C16H32O4. The SMILES string of the molecule is CC(C)(C)OC[C@H]1OC(C)(C)C[C@@]1(CO)OC(C)(C)C. The predicted molar refractivity (Wildman–Crippen MR) is 79.9 cm³/mol. The maximum absolute atomic E-state index is 9.95. The predicted octanol–water partition coefficient (Wildman–Crippen LogP) is 2.92. The molecule has 1 heterocycles. The lowest BCUT2D eigenvalue weighted by atomic mass is 9.89. The Morgan fingerprint density at radius 2 is 1.65 bits per heavy atom. The quantitative estimate of drug-likeness (QED) is 0.864. The fourth-order valence-electron chi connectivity index (χ4n) is 2.78. The molecule has 0 aromatic heterocycles. The Bertz CT molecular complexity index is 324. The first-order valence-corrected chi connectivity index (χ1v) is 7.41. The summed E-state index contributed by atoms with van der Waals surface area (Å²) in [6.07, 6.45) is 0.396. The summed E-state index contributed by atoms with van der Waals surface area (Å²) in [4.78, 5) is 0. The molecule has 0 aromatic rings. The smallest absolute Gasteiger partial charge is 0.123 e. The number of aliphatic hydroxyl groups is 1. The van der Waals surface area contributed by atoms with Crippen LogP contribution in [-0.2, 0) is 14.2 Å². The highest BCUT2D eigenvalue weighted by Crippen LogP contribution is 2.42. The lowest BCUT2D eigenvalue weighted by molar-refractivity contribution is -0.197. The maximum atomic E-state index is 9.95. The highest BCUT2D eigenvalue weighted by atomic mass is 16.6. The van der Waals surface area contributed by atoms with Gasteiger partial charge in [-0.3, -0.25) is 0 Å². The van der Waals surface area contributed by atoms with Crippen LogP contribution in [0.4, 0.5) is 0 Å². The Morgan fingerprint density at radius 3 is 2.05 bits per heavy atom. The van der Waals surface area contributed by atoms with E-state index in [0.29, 0.717) is 13.0 Å². The first-order valence-electron chi connectivity index (χ1n) is 7.41. The summed E-state index contributed by atoms with van der Waals surface area (Å²) >= 11 is 0. The van der Waals surface area contributed by atoms with Crippen molar-refractivity contribution in [3.63, 3.8) is 0 Å². The van der Waals surface area contributed by atoms with Gasteiger partial charge < -0.3 is 19.3 Å². The van der Waals surface area contributed by atoms with Crippen molar-refractivity contribution in [2.45, 2.75) is 90.3 Å². The second-order valence-corrected chi connectivity index (χ2v) is 8.40. The molecule has 1 aliphatic rings. The average Bonchev–Trinajstić information content (AvgIpc) is 2.43. The summed E-state index contributed by atoms with van der Waals surface area (Å²) < 4.78 is 18.1. The molecule has 4 nitrogen and oxygen atoms in total. The van der Waals surface area contributed by atoms with Crippen LogP contribution in [0.1, 0.15) is 61.8 Å². The third-order valence-electron chi connectivity index (χ3n) is 3.22. The average molecular weight is 288 g/mol. The van der Waals surface area contributed by atoms with Gasteiger partial charge in [0.25, 0.3) is 0 Å². The van der Waals surface area contributed by atoms with Crippen LogP contribution in [-0.4, -0.2) is 46.8 Å². The Morgan fingerprint density at radius 1 is 1.10 bits per heavy atom. The van der Waals surface area contributed by atoms with Gasteiger partial charge in [0.05, 0.1) is 30.0 Å². The van der Waals surface area contributed by atoms with E-state index < -0.39 is 5.60 Å². The van der Waals surface area contributed by atoms with Gasteiger partial charge >= 0.3 is 0 Å². The van der Waals surface area contributed by atoms with Crippen molar-refractivity contribution in [1.82, 2.24) is 0 Å². The minimum atomic E-state index is -0.701. The fourth-order valence-corrected chi connectivity index (χ4v) is 2.78. The number of aliphatic hydroxyl groups excluding tert-OH is 1. The molecule has 120 valence electrons. The van der Waals surface area contributed by atoms with Gasteiger partial charge in [-0.05, 0) is 55.4 Å². The molecule has 0 unspecified atom stereocenters. The number of hydrogen-bond donors (Lipinski definition) is 1. The van der Waals surface area contributed by atoms with E-state index in [1.807, 2.05) is 55.4 Å². The molecule has 0 aromatic carbocycles. The molecule has 4 heteroatoms. The van der Waals surface area contributed by atoms with Crippen LogP contribution in [0, 0.1) is 0 Å². The number of hydrogen-bond acceptors (Lipinski definition) is 4. The van der Waals surface area contributed by atoms with Gasteiger partial charge in [-0.25, -0.2) is 0 Å². The zero-order valence-corrected chi connectivity index (χ0v) is 14.4. The molecule has 0 amide bonds. The molecular weight excluding hydrogens is 256 g/mol. The van der Waals surface area contributed by atoms with Crippen molar-refractivity contribution in [1.29, 1.82) is 0 Å². The van der Waals surface area contributed by atoms with Crippen molar-refractivity contribution in [2.75, 3.05) is 13.2 Å². The summed E-state index contributed by atoms with van der Waals surface area (Å²) in [6.45, 7) is 16.4. The van der Waals surface area contributed by atoms with Gasteiger partial charge in [-0.1, -0.05) is 0 Å². The van der Waals surface area contributed by atoms with E-state index in [-0.39, 0.29) is 29.5 Å². The monoisotopic (exact) mass is 288 g/mol. The second kappa shape index (κ2) is 5.56. The number of ether oxygens (including phenoxy) is 3. The molecule has 1 aliphatic heterocycles. The highest BCUT2D eigenvalue weighted by Gasteiger charge is 2.54.